The van der Waals surface area contributed by atoms with E-state index in [1.807, 2.05) is 13.8 Å². The highest BCUT2D eigenvalue weighted by Crippen LogP contribution is 2.27. The van der Waals surface area contributed by atoms with E-state index >= 15 is 0 Å². The van der Waals surface area contributed by atoms with Crippen LogP contribution in [0, 0.1) is 5.82 Å². The second kappa shape index (κ2) is 9.99. The average Bonchev–Trinajstić information content (AvgIpc) is 2.90. The van der Waals surface area contributed by atoms with Crippen molar-refractivity contribution in [1.82, 2.24) is 15.5 Å². The first-order valence-corrected chi connectivity index (χ1v) is 9.62. The third-order valence-electron chi connectivity index (χ3n) is 4.68. The van der Waals surface area contributed by atoms with Crippen LogP contribution in [0.3, 0.4) is 0 Å². The molecule has 1 aliphatic rings. The van der Waals surface area contributed by atoms with E-state index in [1.165, 1.54) is 18.2 Å². The number of urea groups is 1. The van der Waals surface area contributed by atoms with Gasteiger partial charge in [0.2, 0.25) is 0 Å². The van der Waals surface area contributed by atoms with E-state index in [9.17, 15) is 23.6 Å². The van der Waals surface area contributed by atoms with Gasteiger partial charge in [-0.1, -0.05) is 44.9 Å². The molecule has 0 aliphatic carbocycles. The molecule has 0 saturated carbocycles. The molecular weight excluding hydrogens is 381 g/mol. The van der Waals surface area contributed by atoms with Crippen molar-refractivity contribution in [3.05, 3.63) is 35.6 Å². The third kappa shape index (κ3) is 5.52. The first-order valence-electron chi connectivity index (χ1n) is 9.62. The van der Waals surface area contributed by atoms with Crippen molar-refractivity contribution in [2.24, 2.45) is 0 Å². The number of rotatable bonds is 10. The van der Waals surface area contributed by atoms with Gasteiger partial charge in [-0.3, -0.25) is 19.3 Å². The molecule has 9 heteroatoms. The van der Waals surface area contributed by atoms with Crippen molar-refractivity contribution in [2.75, 3.05) is 13.2 Å². The van der Waals surface area contributed by atoms with E-state index < -0.39 is 48.3 Å². The number of ether oxygens (including phenoxy) is 1. The molecular formula is C20H26FN3O5. The van der Waals surface area contributed by atoms with Crippen molar-refractivity contribution in [2.45, 2.75) is 51.6 Å². The van der Waals surface area contributed by atoms with Gasteiger partial charge in [-0.2, -0.15) is 0 Å². The molecule has 2 N–H and O–H groups in total. The third-order valence-corrected chi connectivity index (χ3v) is 4.68. The Kier molecular flexibility index (Phi) is 7.69. The van der Waals surface area contributed by atoms with Crippen LogP contribution in [0.15, 0.2) is 24.3 Å². The fourth-order valence-electron chi connectivity index (χ4n) is 3.34. The Morgan fingerprint density at radius 2 is 1.83 bits per heavy atom. The summed E-state index contributed by atoms with van der Waals surface area (Å²) < 4.78 is 18.4. The largest absolute Gasteiger partial charge is 0.454 e. The standard InChI is InChI=1S/C20H26FN3O5/c1-3-9-20(10-4-2)18(27)24(19(28)23-20)12-17(26)29-13-16(25)22-11-14-7-5-6-8-15(14)21/h5-8H,3-4,9-13H2,1-2H3,(H,22,25)(H,23,28). The number of amides is 4. The number of benzene rings is 1. The lowest BCUT2D eigenvalue weighted by molar-refractivity contribution is -0.151. The highest BCUT2D eigenvalue weighted by atomic mass is 19.1. The lowest BCUT2D eigenvalue weighted by atomic mass is 9.88. The molecule has 0 spiro atoms. The molecule has 158 valence electrons. The highest BCUT2D eigenvalue weighted by molar-refractivity contribution is 6.08. The van der Waals surface area contributed by atoms with Gasteiger partial charge in [-0.15, -0.1) is 0 Å². The monoisotopic (exact) mass is 407 g/mol. The Morgan fingerprint density at radius 1 is 1.17 bits per heavy atom. The van der Waals surface area contributed by atoms with Crippen molar-refractivity contribution in [1.29, 1.82) is 0 Å². The van der Waals surface area contributed by atoms with Crippen LogP contribution in [0.2, 0.25) is 0 Å². The molecule has 1 fully saturated rings. The Bertz CT molecular complexity index is 777. The summed E-state index contributed by atoms with van der Waals surface area (Å²) in [5.74, 6) is -2.40. The van der Waals surface area contributed by atoms with Crippen LogP contribution in [0.1, 0.15) is 45.1 Å². The zero-order valence-electron chi connectivity index (χ0n) is 16.6. The molecule has 1 aromatic carbocycles. The summed E-state index contributed by atoms with van der Waals surface area (Å²) in [5, 5.41) is 5.13. The van der Waals surface area contributed by atoms with Crippen LogP contribution in [0.25, 0.3) is 0 Å². The number of hydrogen-bond acceptors (Lipinski definition) is 5. The summed E-state index contributed by atoms with van der Waals surface area (Å²) in [6, 6.07) is 5.33. The van der Waals surface area contributed by atoms with E-state index in [4.69, 9.17) is 4.74 Å². The number of carbonyl (C=O) groups is 4. The van der Waals surface area contributed by atoms with Crippen LogP contribution < -0.4 is 10.6 Å². The lowest BCUT2D eigenvalue weighted by Crippen LogP contribution is -2.47. The second-order valence-corrected chi connectivity index (χ2v) is 6.93. The van der Waals surface area contributed by atoms with E-state index in [2.05, 4.69) is 10.6 Å². The van der Waals surface area contributed by atoms with Crippen molar-refractivity contribution in [3.63, 3.8) is 0 Å². The minimum atomic E-state index is -0.988. The number of nitrogens with zero attached hydrogens (tertiary/aromatic N) is 1. The van der Waals surface area contributed by atoms with Gasteiger partial charge in [0.15, 0.2) is 6.61 Å². The van der Waals surface area contributed by atoms with Crippen LogP contribution >= 0.6 is 0 Å². The summed E-state index contributed by atoms with van der Waals surface area (Å²) in [6.07, 6.45) is 2.36. The fraction of sp³-hybridized carbons (Fsp3) is 0.500. The van der Waals surface area contributed by atoms with Crippen molar-refractivity contribution >= 4 is 23.8 Å². The van der Waals surface area contributed by atoms with Crippen LogP contribution in [0.5, 0.6) is 0 Å². The van der Waals surface area contributed by atoms with Gasteiger partial charge in [0.05, 0.1) is 0 Å². The molecule has 2 rings (SSSR count). The maximum absolute atomic E-state index is 13.5. The molecule has 1 aromatic rings. The highest BCUT2D eigenvalue weighted by Gasteiger charge is 2.50. The van der Waals surface area contributed by atoms with Gasteiger partial charge in [-0.05, 0) is 18.9 Å². The van der Waals surface area contributed by atoms with Crippen LogP contribution in [-0.4, -0.2) is 47.4 Å². The van der Waals surface area contributed by atoms with E-state index in [-0.39, 0.29) is 6.54 Å². The van der Waals surface area contributed by atoms with E-state index in [0.29, 0.717) is 31.2 Å². The number of hydrogen-bond donors (Lipinski definition) is 2. The predicted octanol–water partition coefficient (Wildman–Crippen LogP) is 1.88. The van der Waals surface area contributed by atoms with Gasteiger partial charge in [-0.25, -0.2) is 9.18 Å². The van der Waals surface area contributed by atoms with E-state index in [0.717, 1.165) is 4.90 Å². The topological polar surface area (TPSA) is 105 Å². The van der Waals surface area contributed by atoms with Crippen molar-refractivity contribution in [3.8, 4) is 0 Å². The summed E-state index contributed by atoms with van der Waals surface area (Å²) in [7, 11) is 0. The minimum Gasteiger partial charge on any atom is -0.454 e. The summed E-state index contributed by atoms with van der Waals surface area (Å²) in [6.45, 7) is 2.61. The fourth-order valence-corrected chi connectivity index (χ4v) is 3.34. The molecule has 8 nitrogen and oxygen atoms in total. The normalized spacial score (nSPS) is 15.2. The van der Waals surface area contributed by atoms with Gasteiger partial charge in [0.25, 0.3) is 11.8 Å². The van der Waals surface area contributed by atoms with Crippen LogP contribution in [-0.2, 0) is 25.7 Å². The molecule has 0 atom stereocenters. The number of nitrogens with one attached hydrogen (secondary N) is 2. The maximum Gasteiger partial charge on any atom is 0.326 e. The van der Waals surface area contributed by atoms with Gasteiger partial charge in [0, 0.05) is 12.1 Å². The smallest absolute Gasteiger partial charge is 0.326 e. The quantitative estimate of drug-likeness (QED) is 0.455. The number of esters is 1. The Hall–Kier alpha value is -2.97. The van der Waals surface area contributed by atoms with Gasteiger partial charge >= 0.3 is 12.0 Å². The second-order valence-electron chi connectivity index (χ2n) is 6.93. The summed E-state index contributed by atoms with van der Waals surface area (Å²) >= 11 is 0. The van der Waals surface area contributed by atoms with Crippen LogP contribution in [0.4, 0.5) is 9.18 Å². The zero-order chi connectivity index (χ0) is 21.4. The number of carbonyl (C=O) groups excluding carboxylic acids is 4. The molecule has 29 heavy (non-hydrogen) atoms. The molecule has 1 saturated heterocycles. The minimum absolute atomic E-state index is 0.0490. The SMILES string of the molecule is CCCC1(CCC)NC(=O)N(CC(=O)OCC(=O)NCc2ccccc2F)C1=O. The molecule has 0 aromatic heterocycles. The Morgan fingerprint density at radius 3 is 2.45 bits per heavy atom. The number of imide groups is 1. The van der Waals surface area contributed by atoms with E-state index in [1.54, 1.807) is 6.07 Å². The average molecular weight is 407 g/mol. The molecule has 1 heterocycles. The Labute approximate surface area is 168 Å². The van der Waals surface area contributed by atoms with Gasteiger partial charge in [0.1, 0.15) is 17.9 Å². The molecule has 0 bridgehead atoms. The summed E-state index contributed by atoms with van der Waals surface area (Å²) in [4.78, 5) is 49.5. The van der Waals surface area contributed by atoms with Gasteiger partial charge < -0.3 is 15.4 Å². The molecule has 4 amide bonds. The number of halogens is 1. The predicted molar refractivity (Wildman–Crippen MR) is 102 cm³/mol. The first kappa shape index (κ1) is 22.3. The lowest BCUT2D eigenvalue weighted by Gasteiger charge is -2.25. The maximum atomic E-state index is 13.5. The Balaban J connectivity index is 1.84. The molecule has 0 unspecified atom stereocenters. The molecule has 0 radical (unpaired) electrons. The van der Waals surface area contributed by atoms with Crippen molar-refractivity contribution < 1.29 is 28.3 Å². The zero-order valence-corrected chi connectivity index (χ0v) is 16.6. The first-order chi connectivity index (χ1) is 13.8. The summed E-state index contributed by atoms with van der Waals surface area (Å²) in [5.41, 5.74) is -0.687. The molecule has 1 aliphatic heterocycles.